The Morgan fingerprint density at radius 2 is 2.19 bits per heavy atom. The molecule has 1 aromatic heterocycles. The largest absolute Gasteiger partial charge is 0.493 e. The van der Waals surface area contributed by atoms with Crippen LogP contribution in [0.15, 0.2) is 28.9 Å². The molecule has 1 aromatic carbocycles. The van der Waals surface area contributed by atoms with Crippen LogP contribution in [0.1, 0.15) is 36.2 Å². The molecule has 2 aromatic rings. The maximum absolute atomic E-state index is 5.48. The van der Waals surface area contributed by atoms with Gasteiger partial charge in [-0.2, -0.15) is 5.10 Å². The third-order valence-electron chi connectivity index (χ3n) is 3.66. The van der Waals surface area contributed by atoms with Crippen molar-refractivity contribution in [1.29, 1.82) is 0 Å². The van der Waals surface area contributed by atoms with Gasteiger partial charge in [0, 0.05) is 11.5 Å². The van der Waals surface area contributed by atoms with E-state index in [1.165, 1.54) is 11.1 Å². The predicted octanol–water partition coefficient (Wildman–Crippen LogP) is 3.59. The van der Waals surface area contributed by atoms with E-state index >= 15 is 0 Å². The average Bonchev–Trinajstić information content (AvgIpc) is 2.85. The highest BCUT2D eigenvalue weighted by atomic mass is 79.9. The van der Waals surface area contributed by atoms with Crippen LogP contribution in [-0.2, 0) is 7.05 Å². The zero-order chi connectivity index (χ0) is 15.4. The van der Waals surface area contributed by atoms with Crippen LogP contribution >= 0.6 is 15.9 Å². The molecule has 0 bridgehead atoms. The summed E-state index contributed by atoms with van der Waals surface area (Å²) in [7, 11) is 3.64. The van der Waals surface area contributed by atoms with Gasteiger partial charge in [0.2, 0.25) is 0 Å². The second kappa shape index (κ2) is 7.09. The molecule has 0 spiro atoms. The molecular formula is C16H22BrN3O. The zero-order valence-corrected chi connectivity index (χ0v) is 14.6. The van der Waals surface area contributed by atoms with Gasteiger partial charge in [-0.1, -0.05) is 35.0 Å². The Hall–Kier alpha value is -1.33. The average molecular weight is 352 g/mol. The number of hydrogen-bond donors (Lipinski definition) is 1. The van der Waals surface area contributed by atoms with Gasteiger partial charge < -0.3 is 10.1 Å². The highest BCUT2D eigenvalue weighted by Gasteiger charge is 2.23. The molecule has 0 radical (unpaired) electrons. The molecule has 0 saturated carbocycles. The fraction of sp³-hybridized carbons (Fsp3) is 0.438. The van der Waals surface area contributed by atoms with Crippen molar-refractivity contribution < 1.29 is 4.74 Å². The third kappa shape index (κ3) is 3.30. The highest BCUT2D eigenvalue weighted by molar-refractivity contribution is 9.10. The Morgan fingerprint density at radius 3 is 2.86 bits per heavy atom. The van der Waals surface area contributed by atoms with Crippen LogP contribution in [0.5, 0.6) is 5.75 Å². The molecule has 1 atom stereocenters. The van der Waals surface area contributed by atoms with Crippen LogP contribution < -0.4 is 10.1 Å². The lowest BCUT2D eigenvalue weighted by Gasteiger charge is -2.22. The number of ether oxygens (including phenoxy) is 1. The second-order valence-corrected chi connectivity index (χ2v) is 5.92. The van der Waals surface area contributed by atoms with E-state index in [2.05, 4.69) is 58.4 Å². The Kier molecular flexibility index (Phi) is 5.42. The summed E-state index contributed by atoms with van der Waals surface area (Å²) in [5.41, 5.74) is 3.52. The Bertz CT molecular complexity index is 610. The van der Waals surface area contributed by atoms with Crippen molar-refractivity contribution in [3.8, 4) is 5.75 Å². The lowest BCUT2D eigenvalue weighted by atomic mass is 9.98. The smallest absolute Gasteiger partial charge is 0.161 e. The van der Waals surface area contributed by atoms with Crippen LogP contribution in [0.25, 0.3) is 0 Å². The molecular weight excluding hydrogens is 330 g/mol. The summed E-state index contributed by atoms with van der Waals surface area (Å²) >= 11 is 3.62. The molecule has 21 heavy (non-hydrogen) atoms. The van der Waals surface area contributed by atoms with E-state index in [9.17, 15) is 0 Å². The van der Waals surface area contributed by atoms with Crippen molar-refractivity contribution in [2.24, 2.45) is 7.05 Å². The van der Waals surface area contributed by atoms with E-state index in [-0.39, 0.29) is 6.04 Å². The van der Waals surface area contributed by atoms with Crippen molar-refractivity contribution in [2.45, 2.75) is 26.3 Å². The fourth-order valence-corrected chi connectivity index (χ4v) is 2.87. The lowest BCUT2D eigenvalue weighted by molar-refractivity contribution is 0.400. The third-order valence-corrected chi connectivity index (χ3v) is 4.52. The Balaban J connectivity index is 2.52. The minimum atomic E-state index is 0.0601. The standard InChI is InChI=1S/C16H22BrN3O/c1-5-9-18-15(12-7-6-8-13(17)11(12)2)16-14(21-4)10-19-20(16)3/h6-8,10,15,18H,5,9H2,1-4H3. The molecule has 0 aliphatic heterocycles. The van der Waals surface area contributed by atoms with E-state index in [4.69, 9.17) is 4.74 Å². The van der Waals surface area contributed by atoms with E-state index in [0.717, 1.165) is 28.9 Å². The van der Waals surface area contributed by atoms with Crippen molar-refractivity contribution in [2.75, 3.05) is 13.7 Å². The normalized spacial score (nSPS) is 12.4. The quantitative estimate of drug-likeness (QED) is 0.864. The summed E-state index contributed by atoms with van der Waals surface area (Å²) in [6, 6.07) is 6.34. The van der Waals surface area contributed by atoms with Crippen LogP contribution in [0.3, 0.4) is 0 Å². The number of halogens is 1. The van der Waals surface area contributed by atoms with Gasteiger partial charge in [-0.05, 0) is 37.1 Å². The van der Waals surface area contributed by atoms with Gasteiger partial charge >= 0.3 is 0 Å². The Morgan fingerprint density at radius 1 is 1.43 bits per heavy atom. The summed E-state index contributed by atoms with van der Waals surface area (Å²) in [4.78, 5) is 0. The number of nitrogens with zero attached hydrogens (tertiary/aromatic N) is 2. The second-order valence-electron chi connectivity index (χ2n) is 5.06. The van der Waals surface area contributed by atoms with Crippen molar-refractivity contribution in [1.82, 2.24) is 15.1 Å². The number of hydrogen-bond acceptors (Lipinski definition) is 3. The van der Waals surface area contributed by atoms with Gasteiger partial charge in [0.05, 0.1) is 19.3 Å². The lowest BCUT2D eigenvalue weighted by Crippen LogP contribution is -2.26. The van der Waals surface area contributed by atoms with Crippen LogP contribution in [0.4, 0.5) is 0 Å². The molecule has 0 saturated heterocycles. The number of rotatable bonds is 6. The topological polar surface area (TPSA) is 39.1 Å². The summed E-state index contributed by atoms with van der Waals surface area (Å²) < 4.78 is 8.48. The number of aryl methyl sites for hydroxylation is 1. The van der Waals surface area contributed by atoms with Gasteiger partial charge in [-0.3, -0.25) is 4.68 Å². The minimum absolute atomic E-state index is 0.0601. The number of aromatic nitrogens is 2. The molecule has 1 unspecified atom stereocenters. The monoisotopic (exact) mass is 351 g/mol. The van der Waals surface area contributed by atoms with E-state index in [1.807, 2.05) is 11.7 Å². The summed E-state index contributed by atoms with van der Waals surface area (Å²) in [5, 5.41) is 7.94. The van der Waals surface area contributed by atoms with Crippen LogP contribution in [-0.4, -0.2) is 23.4 Å². The van der Waals surface area contributed by atoms with Crippen LogP contribution in [0, 0.1) is 6.92 Å². The SMILES string of the molecule is CCCNC(c1cccc(Br)c1C)c1c(OC)cnn1C. The summed E-state index contributed by atoms with van der Waals surface area (Å²) in [6.07, 6.45) is 2.84. The molecule has 1 heterocycles. The molecule has 4 nitrogen and oxygen atoms in total. The first kappa shape index (κ1) is 16.0. The maximum atomic E-state index is 5.48. The molecule has 1 N–H and O–H groups in total. The molecule has 0 amide bonds. The number of nitrogens with one attached hydrogen (secondary N) is 1. The fourth-order valence-electron chi connectivity index (χ4n) is 2.49. The first-order valence-corrected chi connectivity index (χ1v) is 7.93. The summed E-state index contributed by atoms with van der Waals surface area (Å²) in [6.45, 7) is 5.23. The molecule has 0 fully saturated rings. The summed E-state index contributed by atoms with van der Waals surface area (Å²) in [5.74, 6) is 0.811. The van der Waals surface area contributed by atoms with E-state index < -0.39 is 0 Å². The van der Waals surface area contributed by atoms with Crippen molar-refractivity contribution in [3.05, 3.63) is 45.7 Å². The van der Waals surface area contributed by atoms with Gasteiger partial charge in [0.15, 0.2) is 5.75 Å². The molecule has 0 aliphatic carbocycles. The van der Waals surface area contributed by atoms with Gasteiger partial charge in [0.1, 0.15) is 5.69 Å². The zero-order valence-electron chi connectivity index (χ0n) is 13.0. The first-order valence-electron chi connectivity index (χ1n) is 7.14. The maximum Gasteiger partial charge on any atom is 0.161 e. The van der Waals surface area contributed by atoms with Crippen molar-refractivity contribution >= 4 is 15.9 Å². The number of methoxy groups -OCH3 is 1. The van der Waals surface area contributed by atoms with Gasteiger partial charge in [-0.15, -0.1) is 0 Å². The minimum Gasteiger partial charge on any atom is -0.493 e. The van der Waals surface area contributed by atoms with Crippen LogP contribution in [0.2, 0.25) is 0 Å². The van der Waals surface area contributed by atoms with E-state index in [1.54, 1.807) is 13.3 Å². The molecule has 114 valence electrons. The predicted molar refractivity (Wildman–Crippen MR) is 88.8 cm³/mol. The van der Waals surface area contributed by atoms with Crippen molar-refractivity contribution in [3.63, 3.8) is 0 Å². The first-order chi connectivity index (χ1) is 10.1. The van der Waals surface area contributed by atoms with E-state index in [0.29, 0.717) is 0 Å². The molecule has 2 rings (SSSR count). The molecule has 5 heteroatoms. The van der Waals surface area contributed by atoms with Gasteiger partial charge in [0.25, 0.3) is 0 Å². The number of benzene rings is 1. The molecule has 0 aliphatic rings. The van der Waals surface area contributed by atoms with Gasteiger partial charge in [-0.25, -0.2) is 0 Å². The Labute approximate surface area is 134 Å². The highest BCUT2D eigenvalue weighted by Crippen LogP contribution is 2.33.